The fourth-order valence-electron chi connectivity index (χ4n) is 1.37. The predicted octanol–water partition coefficient (Wildman–Crippen LogP) is 3.80. The van der Waals surface area contributed by atoms with Gasteiger partial charge < -0.3 is 0 Å². The number of rotatable bonds is 2. The summed E-state index contributed by atoms with van der Waals surface area (Å²) in [6, 6.07) is 11.4. The highest BCUT2D eigenvalue weighted by Crippen LogP contribution is 2.15. The summed E-state index contributed by atoms with van der Waals surface area (Å²) in [5.41, 5.74) is 2.74. The molecule has 0 atom stereocenters. The number of hydrogen-bond acceptors (Lipinski definition) is 1. The minimum atomic E-state index is 0.660. The molecule has 0 amide bonds. The molecule has 0 bridgehead atoms. The molecule has 2 heteroatoms. The Balaban J connectivity index is 2.21. The van der Waals surface area contributed by atoms with E-state index in [-0.39, 0.29) is 0 Å². The topological polar surface area (TPSA) is 17.2 Å². The zero-order chi connectivity index (χ0) is 11.2. The molecule has 0 fully saturated rings. The highest BCUT2D eigenvalue weighted by atomic mass is 14.6. The van der Waals surface area contributed by atoms with Gasteiger partial charge in [-0.05, 0) is 23.3 Å². The van der Waals surface area contributed by atoms with Crippen molar-refractivity contribution in [1.82, 2.24) is 4.98 Å². The summed E-state index contributed by atoms with van der Waals surface area (Å²) in [5.74, 6) is 0. The molecule has 2 rings (SSSR count). The lowest BCUT2D eigenvalue weighted by molar-refractivity contribution is 1.32. The smallest absolute Gasteiger partial charge is 0.187 e. The predicted molar refractivity (Wildman–Crippen MR) is 65.9 cm³/mol. The zero-order valence-electron chi connectivity index (χ0n) is 8.67. The van der Waals surface area contributed by atoms with Crippen LogP contribution in [-0.4, -0.2) is 4.98 Å². The lowest BCUT2D eigenvalue weighted by Gasteiger charge is -1.94. The Bertz CT molecular complexity index is 536. The van der Waals surface area contributed by atoms with Gasteiger partial charge in [-0.15, -0.1) is 0 Å². The van der Waals surface area contributed by atoms with Gasteiger partial charge in [-0.1, -0.05) is 36.4 Å². The maximum Gasteiger partial charge on any atom is 0.187 e. The SMILES string of the molecule is [C-]#[N+]c1cccc(/C=C/c2cccnc2)c1. The fourth-order valence-corrected chi connectivity index (χ4v) is 1.37. The summed E-state index contributed by atoms with van der Waals surface area (Å²) in [5, 5.41) is 0. The molecular formula is C14H10N2. The van der Waals surface area contributed by atoms with E-state index in [4.69, 9.17) is 6.57 Å². The first-order valence-corrected chi connectivity index (χ1v) is 4.94. The number of nitrogens with zero attached hydrogens (tertiary/aromatic N) is 2. The average Bonchev–Trinajstić information content (AvgIpc) is 2.38. The van der Waals surface area contributed by atoms with E-state index in [1.807, 2.05) is 42.5 Å². The van der Waals surface area contributed by atoms with E-state index >= 15 is 0 Å². The highest BCUT2D eigenvalue weighted by Gasteiger charge is 1.91. The van der Waals surface area contributed by atoms with Gasteiger partial charge in [0.25, 0.3) is 0 Å². The van der Waals surface area contributed by atoms with Crippen LogP contribution in [0.2, 0.25) is 0 Å². The number of aromatic nitrogens is 1. The zero-order valence-corrected chi connectivity index (χ0v) is 8.67. The molecule has 0 radical (unpaired) electrons. The van der Waals surface area contributed by atoms with Crippen molar-refractivity contribution < 1.29 is 0 Å². The Hall–Kier alpha value is -2.40. The molecule has 0 saturated carbocycles. The van der Waals surface area contributed by atoms with E-state index in [1.54, 1.807) is 18.5 Å². The highest BCUT2D eigenvalue weighted by molar-refractivity contribution is 5.71. The van der Waals surface area contributed by atoms with Crippen LogP contribution < -0.4 is 0 Å². The Labute approximate surface area is 94.7 Å². The maximum absolute atomic E-state index is 6.93. The summed E-state index contributed by atoms with van der Waals surface area (Å²) >= 11 is 0. The van der Waals surface area contributed by atoms with Crippen molar-refractivity contribution in [2.75, 3.05) is 0 Å². The largest absolute Gasteiger partial charge is 0.264 e. The Kier molecular flexibility index (Phi) is 3.10. The van der Waals surface area contributed by atoms with Gasteiger partial charge in [0, 0.05) is 12.4 Å². The van der Waals surface area contributed by atoms with Crippen molar-refractivity contribution in [1.29, 1.82) is 0 Å². The first kappa shape index (κ1) is 10.1. The molecule has 0 aliphatic heterocycles. The number of benzene rings is 1. The first-order chi connectivity index (χ1) is 7.88. The quantitative estimate of drug-likeness (QED) is 0.683. The van der Waals surface area contributed by atoms with Crippen LogP contribution in [0.15, 0.2) is 48.8 Å². The van der Waals surface area contributed by atoms with Crippen LogP contribution in [0, 0.1) is 6.57 Å². The van der Waals surface area contributed by atoms with E-state index in [2.05, 4.69) is 9.83 Å². The molecule has 2 nitrogen and oxygen atoms in total. The number of hydrogen-bond donors (Lipinski definition) is 0. The third-order valence-electron chi connectivity index (χ3n) is 2.15. The van der Waals surface area contributed by atoms with Gasteiger partial charge >= 0.3 is 0 Å². The molecule has 76 valence electrons. The second-order valence-corrected chi connectivity index (χ2v) is 3.33. The van der Waals surface area contributed by atoms with Crippen molar-refractivity contribution in [3.8, 4) is 0 Å². The second-order valence-electron chi connectivity index (χ2n) is 3.33. The van der Waals surface area contributed by atoms with Gasteiger partial charge in [0.2, 0.25) is 0 Å². The fraction of sp³-hybridized carbons (Fsp3) is 0. The summed E-state index contributed by atoms with van der Waals surface area (Å²) < 4.78 is 0. The molecule has 0 spiro atoms. The van der Waals surface area contributed by atoms with E-state index in [1.165, 1.54) is 0 Å². The van der Waals surface area contributed by atoms with E-state index in [0.717, 1.165) is 11.1 Å². The van der Waals surface area contributed by atoms with Gasteiger partial charge in [0.05, 0.1) is 6.57 Å². The van der Waals surface area contributed by atoms with Gasteiger partial charge in [-0.25, -0.2) is 4.85 Å². The molecule has 0 N–H and O–H groups in total. The molecule has 0 aliphatic rings. The van der Waals surface area contributed by atoms with E-state index < -0.39 is 0 Å². The van der Waals surface area contributed by atoms with E-state index in [9.17, 15) is 0 Å². The Morgan fingerprint density at radius 2 is 1.88 bits per heavy atom. The Morgan fingerprint density at radius 3 is 2.62 bits per heavy atom. The maximum atomic E-state index is 6.93. The molecule has 0 unspecified atom stereocenters. The molecule has 16 heavy (non-hydrogen) atoms. The van der Waals surface area contributed by atoms with Crippen LogP contribution in [0.5, 0.6) is 0 Å². The van der Waals surface area contributed by atoms with Crippen LogP contribution in [0.1, 0.15) is 11.1 Å². The van der Waals surface area contributed by atoms with Crippen molar-refractivity contribution in [2.45, 2.75) is 0 Å². The monoisotopic (exact) mass is 206 g/mol. The van der Waals surface area contributed by atoms with Gasteiger partial charge in [-0.2, -0.15) is 0 Å². The molecule has 1 heterocycles. The first-order valence-electron chi connectivity index (χ1n) is 4.94. The third-order valence-corrected chi connectivity index (χ3v) is 2.15. The van der Waals surface area contributed by atoms with Crippen LogP contribution in [0.3, 0.4) is 0 Å². The molecule has 0 aliphatic carbocycles. The van der Waals surface area contributed by atoms with Crippen molar-refractivity contribution >= 4 is 17.8 Å². The van der Waals surface area contributed by atoms with Crippen molar-refractivity contribution in [3.05, 3.63) is 71.3 Å². The molecule has 1 aromatic carbocycles. The van der Waals surface area contributed by atoms with Gasteiger partial charge in [-0.3, -0.25) is 4.98 Å². The lowest BCUT2D eigenvalue weighted by atomic mass is 10.1. The Morgan fingerprint density at radius 1 is 1.06 bits per heavy atom. The molecule has 2 aromatic rings. The van der Waals surface area contributed by atoms with Crippen molar-refractivity contribution in [3.63, 3.8) is 0 Å². The molecule has 0 saturated heterocycles. The summed E-state index contributed by atoms with van der Waals surface area (Å²) in [6.45, 7) is 6.93. The van der Waals surface area contributed by atoms with Crippen LogP contribution in [-0.2, 0) is 0 Å². The number of pyridine rings is 1. The van der Waals surface area contributed by atoms with Crippen LogP contribution >= 0.6 is 0 Å². The van der Waals surface area contributed by atoms with Crippen molar-refractivity contribution in [2.24, 2.45) is 0 Å². The van der Waals surface area contributed by atoms with Crippen LogP contribution in [0.25, 0.3) is 17.0 Å². The van der Waals surface area contributed by atoms with Crippen LogP contribution in [0.4, 0.5) is 5.69 Å². The van der Waals surface area contributed by atoms with Gasteiger partial charge in [0.1, 0.15) is 0 Å². The summed E-state index contributed by atoms with van der Waals surface area (Å²) in [4.78, 5) is 7.42. The minimum Gasteiger partial charge on any atom is -0.264 e. The standard InChI is InChI=1S/C14H10N2/c1-15-14-6-2-4-12(10-14)7-8-13-5-3-9-16-11-13/h2-11H/b8-7+. The average molecular weight is 206 g/mol. The summed E-state index contributed by atoms with van der Waals surface area (Å²) in [6.07, 6.45) is 7.51. The van der Waals surface area contributed by atoms with Gasteiger partial charge in [0.15, 0.2) is 5.69 Å². The summed E-state index contributed by atoms with van der Waals surface area (Å²) in [7, 11) is 0. The second kappa shape index (κ2) is 4.90. The normalized spacial score (nSPS) is 10.2. The lowest BCUT2D eigenvalue weighted by Crippen LogP contribution is -1.74. The minimum absolute atomic E-state index is 0.660. The molecule has 1 aromatic heterocycles. The van der Waals surface area contributed by atoms with E-state index in [0.29, 0.717) is 5.69 Å². The third kappa shape index (κ3) is 2.55. The molecular weight excluding hydrogens is 196 g/mol.